The van der Waals surface area contributed by atoms with Crippen molar-refractivity contribution in [3.63, 3.8) is 0 Å². The van der Waals surface area contributed by atoms with E-state index >= 15 is 0 Å². The van der Waals surface area contributed by atoms with E-state index in [1.165, 1.54) is 7.11 Å². The summed E-state index contributed by atoms with van der Waals surface area (Å²) in [6.07, 6.45) is 3.51. The van der Waals surface area contributed by atoms with Crippen LogP contribution in [0.25, 0.3) is 11.6 Å². The summed E-state index contributed by atoms with van der Waals surface area (Å²) in [6, 6.07) is 15.2. The summed E-state index contributed by atoms with van der Waals surface area (Å²) in [4.78, 5) is 26.7. The van der Waals surface area contributed by atoms with Gasteiger partial charge in [-0.2, -0.15) is 0 Å². The molecule has 0 amide bonds. The van der Waals surface area contributed by atoms with Gasteiger partial charge in [-0.25, -0.2) is 0 Å². The van der Waals surface area contributed by atoms with Gasteiger partial charge in [0.15, 0.2) is 5.78 Å². The number of fused-ring (bicyclic) bond motifs is 4. The fourth-order valence-electron chi connectivity index (χ4n) is 5.48. The standard InChI is InChI=1S/C29H26ClNO3/c1-15-7-9-22-21(26(15)28(32)18-10-8-17(31)13-16(18)2)12-11-20-19-5-4-6-25(30)23(19)14-24(27(20)22)29(33)34-3/h4-6,8,10-15,24H,7,9,31H2,1-3H3. The number of methoxy groups -OCH3 is 1. The molecule has 3 aromatic rings. The quantitative estimate of drug-likeness (QED) is 0.353. The van der Waals surface area contributed by atoms with Crippen molar-refractivity contribution >= 4 is 40.7 Å². The van der Waals surface area contributed by atoms with Crippen LogP contribution in [0.5, 0.6) is 0 Å². The number of esters is 1. The maximum atomic E-state index is 13.8. The van der Waals surface area contributed by atoms with Crippen molar-refractivity contribution in [2.24, 2.45) is 5.92 Å². The molecule has 0 saturated carbocycles. The summed E-state index contributed by atoms with van der Waals surface area (Å²) in [7, 11) is 1.40. The average molecular weight is 472 g/mol. The summed E-state index contributed by atoms with van der Waals surface area (Å²) in [6.45, 7) is 4.01. The van der Waals surface area contributed by atoms with E-state index in [0.717, 1.165) is 56.0 Å². The van der Waals surface area contributed by atoms with Crippen LogP contribution >= 0.6 is 11.6 Å². The summed E-state index contributed by atoms with van der Waals surface area (Å²) in [5.41, 5.74) is 10.8. The van der Waals surface area contributed by atoms with Crippen molar-refractivity contribution in [3.8, 4) is 0 Å². The van der Waals surface area contributed by atoms with Crippen molar-refractivity contribution in [1.82, 2.24) is 0 Å². The molecule has 0 heterocycles. The minimum atomic E-state index is -0.578. The molecule has 3 aromatic carbocycles. The lowest BCUT2D eigenvalue weighted by molar-refractivity contribution is -0.140. The molecule has 0 radical (unpaired) electrons. The Morgan fingerprint density at radius 1 is 1.06 bits per heavy atom. The first kappa shape index (κ1) is 22.4. The van der Waals surface area contributed by atoms with E-state index in [1.807, 2.05) is 55.5 Å². The third kappa shape index (κ3) is 3.45. The smallest absolute Gasteiger partial charge is 0.317 e. The van der Waals surface area contributed by atoms with E-state index in [2.05, 4.69) is 6.92 Å². The van der Waals surface area contributed by atoms with E-state index < -0.39 is 5.92 Å². The Balaban J connectivity index is 1.88. The number of hydrogen-bond donors (Lipinski definition) is 1. The normalized spacial score (nSPS) is 18.3. The number of aryl methyl sites for hydroxylation is 1. The molecule has 34 heavy (non-hydrogen) atoms. The fraction of sp³-hybridized carbons (Fsp3) is 0.241. The summed E-state index contributed by atoms with van der Waals surface area (Å²) in [5, 5.41) is 4.33. The number of rotatable bonds is 3. The van der Waals surface area contributed by atoms with E-state index in [9.17, 15) is 9.59 Å². The number of carbonyl (C=O) groups is 2. The van der Waals surface area contributed by atoms with Crippen LogP contribution in [0.3, 0.4) is 0 Å². The van der Waals surface area contributed by atoms with Gasteiger partial charge >= 0.3 is 5.97 Å². The molecule has 2 aliphatic rings. The highest BCUT2D eigenvalue weighted by atomic mass is 35.5. The highest BCUT2D eigenvalue weighted by Crippen LogP contribution is 2.33. The number of ketones is 1. The molecule has 5 rings (SSSR count). The van der Waals surface area contributed by atoms with Gasteiger partial charge in [0.2, 0.25) is 0 Å². The van der Waals surface area contributed by atoms with Crippen LogP contribution in [-0.2, 0) is 16.0 Å². The molecule has 172 valence electrons. The number of nitrogen functional groups attached to an aromatic ring is 1. The molecular formula is C29H26ClNO3. The van der Waals surface area contributed by atoms with E-state index in [4.69, 9.17) is 22.1 Å². The van der Waals surface area contributed by atoms with Gasteiger partial charge in [-0.3, -0.25) is 9.59 Å². The Bertz CT molecular complexity index is 1590. The summed E-state index contributed by atoms with van der Waals surface area (Å²) < 4.78 is 5.19. The number of benzene rings is 3. The maximum Gasteiger partial charge on any atom is 0.317 e. The van der Waals surface area contributed by atoms with E-state index in [-0.39, 0.29) is 17.7 Å². The minimum absolute atomic E-state index is 0.0174. The van der Waals surface area contributed by atoms with E-state index in [1.54, 1.807) is 6.07 Å². The van der Waals surface area contributed by atoms with Crippen LogP contribution in [0.15, 0.2) is 48.5 Å². The Hall–Kier alpha value is -3.37. The number of carbonyl (C=O) groups excluding carboxylic acids is 2. The third-order valence-electron chi connectivity index (χ3n) is 7.15. The van der Waals surface area contributed by atoms with Gasteiger partial charge in [-0.1, -0.05) is 48.9 Å². The van der Waals surface area contributed by atoms with E-state index in [0.29, 0.717) is 16.3 Å². The van der Waals surface area contributed by atoms with Crippen molar-refractivity contribution in [1.29, 1.82) is 0 Å². The van der Waals surface area contributed by atoms with Crippen LogP contribution in [0, 0.1) is 23.3 Å². The fourth-order valence-corrected chi connectivity index (χ4v) is 5.72. The van der Waals surface area contributed by atoms with Crippen LogP contribution in [-0.4, -0.2) is 18.9 Å². The number of Topliss-reactive ketones (excluding diaryl/α,β-unsaturated/α-hetero) is 1. The van der Waals surface area contributed by atoms with Crippen LogP contribution in [0.1, 0.15) is 46.3 Å². The maximum absolute atomic E-state index is 13.8. The molecule has 2 N–H and O–H groups in total. The molecule has 0 fully saturated rings. The molecule has 4 nitrogen and oxygen atoms in total. The SMILES string of the molecule is COC(=O)C1C=c2c(Cl)cccc2=c2ccc3c(c21)CCC(C)C=3C(=O)c1ccc(N)cc1C. The first-order valence-electron chi connectivity index (χ1n) is 11.5. The van der Waals surface area contributed by atoms with Crippen LogP contribution in [0.2, 0.25) is 5.02 Å². The van der Waals surface area contributed by atoms with Gasteiger partial charge in [-0.15, -0.1) is 0 Å². The molecule has 0 aliphatic heterocycles. The van der Waals surface area contributed by atoms with Crippen molar-refractivity contribution in [3.05, 3.63) is 96.7 Å². The molecule has 2 aliphatic carbocycles. The number of hydrogen-bond acceptors (Lipinski definition) is 4. The molecular weight excluding hydrogens is 446 g/mol. The number of ether oxygens (including phenoxy) is 1. The summed E-state index contributed by atoms with van der Waals surface area (Å²) >= 11 is 6.50. The Labute approximate surface area is 203 Å². The van der Waals surface area contributed by atoms with Gasteiger partial charge in [0, 0.05) is 21.8 Å². The van der Waals surface area contributed by atoms with Gasteiger partial charge in [0.1, 0.15) is 5.92 Å². The average Bonchev–Trinajstić information content (AvgIpc) is 2.82. The largest absolute Gasteiger partial charge is 0.468 e. The Kier molecular flexibility index (Phi) is 5.57. The second kappa shape index (κ2) is 8.44. The van der Waals surface area contributed by atoms with Crippen LogP contribution in [0.4, 0.5) is 5.69 Å². The van der Waals surface area contributed by atoms with Gasteiger partial charge in [-0.05, 0) is 87.5 Å². The lowest BCUT2D eigenvalue weighted by Gasteiger charge is -2.27. The zero-order chi connectivity index (χ0) is 24.1. The second-order valence-electron chi connectivity index (χ2n) is 9.18. The Morgan fingerprint density at radius 3 is 2.56 bits per heavy atom. The lowest BCUT2D eigenvalue weighted by atomic mass is 9.76. The predicted octanol–water partition coefficient (Wildman–Crippen LogP) is 4.18. The van der Waals surface area contributed by atoms with Crippen molar-refractivity contribution in [2.45, 2.75) is 32.6 Å². The molecule has 2 atom stereocenters. The predicted molar refractivity (Wildman–Crippen MR) is 135 cm³/mol. The summed E-state index contributed by atoms with van der Waals surface area (Å²) in [5.74, 6) is -0.795. The van der Waals surface area contributed by atoms with Crippen molar-refractivity contribution in [2.75, 3.05) is 12.8 Å². The highest BCUT2D eigenvalue weighted by molar-refractivity contribution is 6.30. The molecule has 0 bridgehead atoms. The zero-order valence-corrected chi connectivity index (χ0v) is 20.2. The monoisotopic (exact) mass is 471 g/mol. The molecule has 0 spiro atoms. The van der Waals surface area contributed by atoms with Gasteiger partial charge in [0.25, 0.3) is 0 Å². The topological polar surface area (TPSA) is 69.4 Å². The zero-order valence-electron chi connectivity index (χ0n) is 19.4. The van der Waals surface area contributed by atoms with Crippen molar-refractivity contribution < 1.29 is 14.3 Å². The van der Waals surface area contributed by atoms with Gasteiger partial charge in [0.05, 0.1) is 7.11 Å². The first-order chi connectivity index (χ1) is 16.3. The number of anilines is 1. The van der Waals surface area contributed by atoms with Crippen LogP contribution < -0.4 is 16.2 Å². The molecule has 5 heteroatoms. The molecule has 2 unspecified atom stereocenters. The number of nitrogens with two attached hydrogens (primary N) is 1. The van der Waals surface area contributed by atoms with Gasteiger partial charge < -0.3 is 10.5 Å². The molecule has 0 saturated heterocycles. The highest BCUT2D eigenvalue weighted by Gasteiger charge is 2.31. The lowest BCUT2D eigenvalue weighted by Crippen LogP contribution is -2.32. The second-order valence-corrected chi connectivity index (χ2v) is 9.59. The minimum Gasteiger partial charge on any atom is -0.468 e. The Morgan fingerprint density at radius 2 is 1.82 bits per heavy atom. The third-order valence-corrected chi connectivity index (χ3v) is 7.48. The first-order valence-corrected chi connectivity index (χ1v) is 11.8. The molecule has 0 aromatic heterocycles. The number of halogens is 1.